The number of carboxylic acid groups (broad SMARTS) is 1. The Morgan fingerprint density at radius 2 is 1.43 bits per heavy atom. The maximum atomic E-state index is 14.6. The van der Waals surface area contributed by atoms with E-state index in [4.69, 9.17) is 11.6 Å². The van der Waals surface area contributed by atoms with Gasteiger partial charge in [-0.3, -0.25) is 0 Å². The van der Waals surface area contributed by atoms with E-state index in [9.17, 15) is 35.9 Å². The monoisotopic (exact) mass is 762 g/mol. The Labute approximate surface area is 309 Å². The van der Waals surface area contributed by atoms with Crippen molar-refractivity contribution in [2.24, 2.45) is 0 Å². The van der Waals surface area contributed by atoms with Crippen LogP contribution in [0.25, 0.3) is 10.9 Å². The van der Waals surface area contributed by atoms with Crippen molar-refractivity contribution in [2.75, 3.05) is 6.54 Å². The number of rotatable bonds is 14. The molecule has 0 aliphatic rings. The van der Waals surface area contributed by atoms with Crippen molar-refractivity contribution in [3.63, 3.8) is 0 Å². The van der Waals surface area contributed by atoms with Crippen molar-refractivity contribution in [2.45, 2.75) is 43.7 Å². The normalized spacial score (nSPS) is 12.1. The van der Waals surface area contributed by atoms with E-state index in [2.05, 4.69) is 9.29 Å². The van der Waals surface area contributed by atoms with Gasteiger partial charge in [0.05, 0.1) is 22.9 Å². The lowest BCUT2D eigenvalue weighted by atomic mass is 9.97. The summed E-state index contributed by atoms with van der Waals surface area (Å²) < 4.78 is 86.9. The molecule has 12 heteroatoms. The molecule has 0 aliphatic heterocycles. The van der Waals surface area contributed by atoms with Crippen LogP contribution < -0.4 is 4.72 Å². The van der Waals surface area contributed by atoms with Crippen LogP contribution >= 0.6 is 11.6 Å². The van der Waals surface area contributed by atoms with Crippen LogP contribution in [-0.4, -0.2) is 30.6 Å². The van der Waals surface area contributed by atoms with Gasteiger partial charge in [-0.05, 0) is 84.0 Å². The molecule has 6 rings (SSSR count). The molecule has 274 valence electrons. The van der Waals surface area contributed by atoms with Gasteiger partial charge in [-0.15, -0.1) is 0 Å². The number of aromatic carboxylic acids is 1. The van der Waals surface area contributed by atoms with Crippen LogP contribution in [0.5, 0.6) is 0 Å². The van der Waals surface area contributed by atoms with Gasteiger partial charge >= 0.3 is 12.1 Å². The summed E-state index contributed by atoms with van der Waals surface area (Å²) in [6.45, 7) is -0.178. The number of alkyl halides is 3. The van der Waals surface area contributed by atoms with Crippen molar-refractivity contribution in [3.8, 4) is 0 Å². The van der Waals surface area contributed by atoms with Crippen LogP contribution in [0.1, 0.15) is 61.9 Å². The fourth-order valence-corrected chi connectivity index (χ4v) is 8.19. The first-order chi connectivity index (χ1) is 25.3. The molecule has 0 atom stereocenters. The standard InChI is InChI=1S/C41H35ClF4N2O4S/c42-31-21-22-37-33(25-31)32(14-7-9-27-17-19-30(20-18-27)40(49)50)38(48(37)39(28-10-3-1-4-11-28)29-12-5-2-6-13-29)23-24-47-53(51,52)26-34-35(41(44,45)46)15-8-16-36(34)43/h1-6,8,10-13,15-22,25,39,47H,7,9,14,23-24,26H2,(H,49,50). The molecule has 6 nitrogen and oxygen atoms in total. The molecule has 0 saturated heterocycles. The van der Waals surface area contributed by atoms with Crippen LogP contribution in [0.15, 0.2) is 121 Å². The highest BCUT2D eigenvalue weighted by Crippen LogP contribution is 2.38. The van der Waals surface area contributed by atoms with Crippen LogP contribution in [0.2, 0.25) is 5.02 Å². The Bertz CT molecular complexity index is 2290. The van der Waals surface area contributed by atoms with E-state index in [1.165, 1.54) is 0 Å². The second-order valence-electron chi connectivity index (χ2n) is 12.7. The van der Waals surface area contributed by atoms with E-state index in [1.807, 2.05) is 72.8 Å². The molecule has 0 spiro atoms. The predicted molar refractivity (Wildman–Crippen MR) is 198 cm³/mol. The number of nitrogens with one attached hydrogen (secondary N) is 1. The third-order valence-electron chi connectivity index (χ3n) is 9.21. The number of aryl methyl sites for hydroxylation is 2. The molecule has 0 aliphatic carbocycles. The first-order valence-electron chi connectivity index (χ1n) is 16.9. The van der Waals surface area contributed by atoms with Gasteiger partial charge in [0.25, 0.3) is 0 Å². The van der Waals surface area contributed by atoms with Crippen LogP contribution in [0.4, 0.5) is 17.6 Å². The highest BCUT2D eigenvalue weighted by Gasteiger charge is 2.36. The SMILES string of the molecule is O=C(O)c1ccc(CCCc2c(CCNS(=O)(=O)Cc3c(F)cccc3C(F)(F)F)n(C(c3ccccc3)c3ccccc3)c3ccc(Cl)cc23)cc1. The van der Waals surface area contributed by atoms with Crippen molar-refractivity contribution >= 4 is 38.5 Å². The fourth-order valence-electron chi connectivity index (χ4n) is 6.83. The molecular formula is C41H35ClF4N2O4S. The van der Waals surface area contributed by atoms with Crippen LogP contribution in [0, 0.1) is 5.82 Å². The molecule has 1 heterocycles. The third-order valence-corrected chi connectivity index (χ3v) is 10.8. The zero-order valence-electron chi connectivity index (χ0n) is 28.3. The second kappa shape index (κ2) is 16.0. The number of fused-ring (bicyclic) bond motifs is 1. The fraction of sp³-hybridized carbons (Fsp3) is 0.195. The minimum atomic E-state index is -4.94. The van der Waals surface area contributed by atoms with Crippen molar-refractivity contribution in [3.05, 3.63) is 177 Å². The Morgan fingerprint density at radius 3 is 2.04 bits per heavy atom. The first-order valence-corrected chi connectivity index (χ1v) is 18.9. The molecule has 0 unspecified atom stereocenters. The Hall–Kier alpha value is -4.97. The number of hydrogen-bond acceptors (Lipinski definition) is 3. The number of sulfonamides is 1. The molecular weight excluding hydrogens is 728 g/mol. The van der Waals surface area contributed by atoms with Gasteiger partial charge in [0, 0.05) is 40.1 Å². The van der Waals surface area contributed by atoms with Crippen molar-refractivity contribution in [1.29, 1.82) is 0 Å². The first kappa shape index (κ1) is 37.8. The number of halogens is 5. The highest BCUT2D eigenvalue weighted by molar-refractivity contribution is 7.88. The summed E-state index contributed by atoms with van der Waals surface area (Å²) in [7, 11) is -4.42. The van der Waals surface area contributed by atoms with Crippen molar-refractivity contribution < 1.29 is 35.9 Å². The van der Waals surface area contributed by atoms with Gasteiger partial charge in [0.2, 0.25) is 10.0 Å². The molecule has 1 aromatic heterocycles. The maximum absolute atomic E-state index is 14.6. The molecule has 0 radical (unpaired) electrons. The number of carboxylic acids is 1. The summed E-state index contributed by atoms with van der Waals surface area (Å²) in [5.41, 5.74) is 3.37. The maximum Gasteiger partial charge on any atom is 0.416 e. The van der Waals surface area contributed by atoms with Crippen molar-refractivity contribution in [1.82, 2.24) is 9.29 Å². The van der Waals surface area contributed by atoms with Gasteiger partial charge in [-0.25, -0.2) is 22.3 Å². The molecule has 2 N–H and O–H groups in total. The summed E-state index contributed by atoms with van der Waals surface area (Å²) in [5.74, 6) is -3.45. The summed E-state index contributed by atoms with van der Waals surface area (Å²) in [4.78, 5) is 11.4. The summed E-state index contributed by atoms with van der Waals surface area (Å²) >= 11 is 6.58. The molecule has 53 heavy (non-hydrogen) atoms. The zero-order chi connectivity index (χ0) is 37.8. The average Bonchev–Trinajstić information content (AvgIpc) is 3.41. The zero-order valence-corrected chi connectivity index (χ0v) is 29.9. The van der Waals surface area contributed by atoms with E-state index in [0.717, 1.165) is 51.0 Å². The topological polar surface area (TPSA) is 88.4 Å². The van der Waals surface area contributed by atoms with Gasteiger partial charge in [-0.1, -0.05) is 90.5 Å². The average molecular weight is 763 g/mol. The minimum Gasteiger partial charge on any atom is -0.478 e. The quantitative estimate of drug-likeness (QED) is 0.108. The number of aromatic nitrogens is 1. The lowest BCUT2D eigenvalue weighted by Crippen LogP contribution is -2.29. The van der Waals surface area contributed by atoms with E-state index in [-0.39, 0.29) is 24.6 Å². The van der Waals surface area contributed by atoms with Crippen LogP contribution in [-0.2, 0) is 41.2 Å². The predicted octanol–water partition coefficient (Wildman–Crippen LogP) is 9.63. The lowest BCUT2D eigenvalue weighted by Gasteiger charge is -2.25. The van der Waals surface area contributed by atoms with E-state index in [1.54, 1.807) is 30.3 Å². The van der Waals surface area contributed by atoms with Crippen LogP contribution in [0.3, 0.4) is 0 Å². The van der Waals surface area contributed by atoms with E-state index >= 15 is 0 Å². The Morgan fingerprint density at radius 1 is 0.792 bits per heavy atom. The number of nitrogens with zero attached hydrogens (tertiary/aromatic N) is 1. The van der Waals surface area contributed by atoms with E-state index < -0.39 is 44.9 Å². The summed E-state index contributed by atoms with van der Waals surface area (Å²) in [5, 5.41) is 10.7. The highest BCUT2D eigenvalue weighted by atomic mass is 35.5. The van der Waals surface area contributed by atoms with Gasteiger partial charge in [0.15, 0.2) is 0 Å². The third kappa shape index (κ3) is 8.81. The number of benzene rings is 5. The summed E-state index contributed by atoms with van der Waals surface area (Å²) in [6, 6.07) is 33.9. The Kier molecular flexibility index (Phi) is 11.4. The molecule has 0 fully saturated rings. The van der Waals surface area contributed by atoms with Gasteiger partial charge in [0.1, 0.15) is 5.82 Å². The molecule has 6 aromatic rings. The molecule has 0 bridgehead atoms. The van der Waals surface area contributed by atoms with E-state index in [0.29, 0.717) is 30.4 Å². The molecule has 0 amide bonds. The largest absolute Gasteiger partial charge is 0.478 e. The number of hydrogen-bond donors (Lipinski definition) is 2. The summed E-state index contributed by atoms with van der Waals surface area (Å²) in [6.07, 6.45) is -2.96. The lowest BCUT2D eigenvalue weighted by molar-refractivity contribution is -0.138. The molecule has 5 aromatic carbocycles. The second-order valence-corrected chi connectivity index (χ2v) is 14.9. The smallest absolute Gasteiger partial charge is 0.416 e. The van der Waals surface area contributed by atoms with Gasteiger partial charge in [-0.2, -0.15) is 13.2 Å². The minimum absolute atomic E-state index is 0.147. The number of carbonyl (C=O) groups is 1. The Balaban J connectivity index is 1.40. The molecule has 0 saturated carbocycles. The van der Waals surface area contributed by atoms with Gasteiger partial charge < -0.3 is 9.67 Å².